The van der Waals surface area contributed by atoms with Gasteiger partial charge in [0, 0.05) is 28.1 Å². The van der Waals surface area contributed by atoms with Crippen molar-refractivity contribution in [2.24, 2.45) is 4.99 Å². The van der Waals surface area contributed by atoms with Crippen LogP contribution < -0.4 is 0 Å². The van der Waals surface area contributed by atoms with E-state index in [4.69, 9.17) is 16.6 Å². The van der Waals surface area contributed by atoms with Crippen molar-refractivity contribution in [3.8, 4) is 5.69 Å². The van der Waals surface area contributed by atoms with Gasteiger partial charge in [-0.1, -0.05) is 56.2 Å². The van der Waals surface area contributed by atoms with Crippen LogP contribution in [0, 0.1) is 20.8 Å². The zero-order chi connectivity index (χ0) is 24.5. The maximum Gasteiger partial charge on any atom is 0.267 e. The summed E-state index contributed by atoms with van der Waals surface area (Å²) < 4.78 is 2.24. The number of carbonyl (C=O) groups is 1. The molecule has 1 aliphatic heterocycles. The number of amides is 1. The molecule has 1 aromatic carbocycles. The van der Waals surface area contributed by atoms with E-state index in [0.29, 0.717) is 12.1 Å². The highest BCUT2D eigenvalue weighted by atomic mass is 35.5. The molecule has 0 radical (unpaired) electrons. The molecule has 0 atom stereocenters. The van der Waals surface area contributed by atoms with Crippen molar-refractivity contribution in [1.82, 2.24) is 9.47 Å². The summed E-state index contributed by atoms with van der Waals surface area (Å²) in [7, 11) is 0. The van der Waals surface area contributed by atoms with Crippen molar-refractivity contribution in [2.75, 3.05) is 0 Å². The number of nitrogens with zero attached hydrogens (tertiary/aromatic N) is 3. The third kappa shape index (κ3) is 4.99. The molecule has 0 bridgehead atoms. The first kappa shape index (κ1) is 24.7. The predicted octanol–water partition coefficient (Wildman–Crippen LogP) is 7.99. The van der Waals surface area contributed by atoms with Crippen LogP contribution in [-0.4, -0.2) is 32.6 Å². The molecular weight excluding hydrogens is 474 g/mol. The first-order valence-electron chi connectivity index (χ1n) is 13.2. The van der Waals surface area contributed by atoms with E-state index in [2.05, 4.69) is 48.4 Å². The number of rotatable bonds is 4. The Bertz CT molecular complexity index is 1170. The zero-order valence-electron chi connectivity index (χ0n) is 21.1. The van der Waals surface area contributed by atoms with Crippen LogP contribution in [-0.2, 0) is 4.79 Å². The molecule has 2 saturated carbocycles. The second-order valence-corrected chi connectivity index (χ2v) is 11.7. The topological polar surface area (TPSA) is 37.6 Å². The van der Waals surface area contributed by atoms with E-state index in [1.54, 1.807) is 11.8 Å². The molecule has 2 aromatic rings. The molecule has 0 unspecified atom stereocenters. The van der Waals surface area contributed by atoms with Gasteiger partial charge in [-0.05, 0) is 93.6 Å². The van der Waals surface area contributed by atoms with Crippen LogP contribution in [0.2, 0.25) is 5.02 Å². The van der Waals surface area contributed by atoms with Crippen molar-refractivity contribution in [1.29, 1.82) is 0 Å². The summed E-state index contributed by atoms with van der Waals surface area (Å²) in [6, 6.07) is 8.86. The van der Waals surface area contributed by atoms with Crippen LogP contribution in [0.25, 0.3) is 11.8 Å². The highest BCUT2D eigenvalue weighted by molar-refractivity contribution is 8.18. The van der Waals surface area contributed by atoms with Crippen LogP contribution >= 0.6 is 23.4 Å². The number of amidine groups is 1. The molecule has 35 heavy (non-hydrogen) atoms. The Kier molecular flexibility index (Phi) is 7.45. The Morgan fingerprint density at radius 2 is 1.69 bits per heavy atom. The van der Waals surface area contributed by atoms with Crippen molar-refractivity contribution < 1.29 is 4.79 Å². The van der Waals surface area contributed by atoms with E-state index in [9.17, 15) is 4.79 Å². The minimum Gasteiger partial charge on any atom is -0.318 e. The lowest BCUT2D eigenvalue weighted by atomic mass is 9.94. The lowest BCUT2D eigenvalue weighted by Crippen LogP contribution is -2.41. The third-order valence-electron chi connectivity index (χ3n) is 7.88. The Morgan fingerprint density at radius 1 is 1.00 bits per heavy atom. The smallest absolute Gasteiger partial charge is 0.267 e. The Balaban J connectivity index is 1.50. The molecule has 2 aliphatic carbocycles. The van der Waals surface area contributed by atoms with E-state index >= 15 is 0 Å². The number of aromatic nitrogens is 1. The number of halogens is 1. The number of aliphatic imine (C=N–C) groups is 1. The number of benzene rings is 1. The van der Waals surface area contributed by atoms with E-state index in [0.717, 1.165) is 69.0 Å². The molecule has 3 aliphatic rings. The third-order valence-corrected chi connectivity index (χ3v) is 9.29. The summed E-state index contributed by atoms with van der Waals surface area (Å²) in [5, 5.41) is 1.71. The fourth-order valence-electron chi connectivity index (χ4n) is 5.89. The van der Waals surface area contributed by atoms with Gasteiger partial charge in [0.05, 0.1) is 10.9 Å². The quantitative estimate of drug-likeness (QED) is 0.391. The fourth-order valence-corrected chi connectivity index (χ4v) is 7.16. The van der Waals surface area contributed by atoms with Crippen molar-refractivity contribution in [3.05, 3.63) is 56.7 Å². The number of thioether (sulfide) groups is 1. The van der Waals surface area contributed by atoms with Crippen molar-refractivity contribution in [2.45, 2.75) is 97.1 Å². The standard InChI is InChI=1S/C29H36ClN3OS/c1-19-17-22(21(3)32(19)26-16-10-15-25(30)20(26)2)18-27-28(34)33(24-13-8-5-9-14-24)29(35-27)31-23-11-6-4-7-12-23/h10,15-18,23-24H,4-9,11-14H2,1-3H3. The highest BCUT2D eigenvalue weighted by Crippen LogP contribution is 2.39. The summed E-state index contributed by atoms with van der Waals surface area (Å²) in [4.78, 5) is 21.8. The first-order valence-corrected chi connectivity index (χ1v) is 14.4. The van der Waals surface area contributed by atoms with Gasteiger partial charge in [0.1, 0.15) is 0 Å². The molecule has 3 fully saturated rings. The van der Waals surface area contributed by atoms with Gasteiger partial charge in [0.2, 0.25) is 0 Å². The van der Waals surface area contributed by atoms with Crippen molar-refractivity contribution >= 4 is 40.5 Å². The van der Waals surface area contributed by atoms with E-state index in [-0.39, 0.29) is 5.91 Å². The number of hydrogen-bond donors (Lipinski definition) is 0. The summed E-state index contributed by atoms with van der Waals surface area (Å²) >= 11 is 8.02. The SMILES string of the molecule is Cc1c(Cl)cccc1-n1c(C)cc(C=C2SC(=NC3CCCCC3)N(C3CCCCC3)C2=O)c1C. The summed E-state index contributed by atoms with van der Waals surface area (Å²) in [5.41, 5.74) is 5.49. The summed E-state index contributed by atoms with van der Waals surface area (Å²) in [5.74, 6) is 0.139. The molecule has 1 aromatic heterocycles. The largest absolute Gasteiger partial charge is 0.318 e. The molecule has 2 heterocycles. The molecule has 186 valence electrons. The number of hydrogen-bond acceptors (Lipinski definition) is 3. The second-order valence-electron chi connectivity index (χ2n) is 10.3. The molecule has 4 nitrogen and oxygen atoms in total. The summed E-state index contributed by atoms with van der Waals surface area (Å²) in [6.07, 6.45) is 14.1. The summed E-state index contributed by atoms with van der Waals surface area (Å²) in [6.45, 7) is 6.30. The monoisotopic (exact) mass is 509 g/mol. The van der Waals surface area contributed by atoms with E-state index in [1.807, 2.05) is 12.1 Å². The van der Waals surface area contributed by atoms with Crippen LogP contribution in [0.15, 0.2) is 34.2 Å². The number of aryl methyl sites for hydroxylation is 1. The van der Waals surface area contributed by atoms with Gasteiger partial charge in [-0.2, -0.15) is 0 Å². The molecular formula is C29H36ClN3OS. The highest BCUT2D eigenvalue weighted by Gasteiger charge is 2.39. The normalized spacial score (nSPS) is 22.6. The minimum atomic E-state index is 0.139. The minimum absolute atomic E-state index is 0.139. The van der Waals surface area contributed by atoms with Crippen molar-refractivity contribution in [3.63, 3.8) is 0 Å². The van der Waals surface area contributed by atoms with Crippen LogP contribution in [0.3, 0.4) is 0 Å². The fraction of sp³-hybridized carbons (Fsp3) is 0.517. The Hall–Kier alpha value is -1.98. The zero-order valence-corrected chi connectivity index (χ0v) is 22.7. The van der Waals surface area contributed by atoms with Crippen LogP contribution in [0.4, 0.5) is 0 Å². The average Bonchev–Trinajstić information content (AvgIpc) is 3.31. The number of carbonyl (C=O) groups excluding carboxylic acids is 1. The molecule has 1 saturated heterocycles. The molecule has 6 heteroatoms. The lowest BCUT2D eigenvalue weighted by Gasteiger charge is -2.31. The molecule has 5 rings (SSSR count). The molecule has 0 spiro atoms. The van der Waals surface area contributed by atoms with Gasteiger partial charge in [-0.15, -0.1) is 0 Å². The van der Waals surface area contributed by atoms with Crippen LogP contribution in [0.1, 0.15) is 86.7 Å². The van der Waals surface area contributed by atoms with Gasteiger partial charge < -0.3 is 4.57 Å². The van der Waals surface area contributed by atoms with E-state index < -0.39 is 0 Å². The second kappa shape index (κ2) is 10.6. The molecule has 1 amide bonds. The van der Waals surface area contributed by atoms with Gasteiger partial charge >= 0.3 is 0 Å². The van der Waals surface area contributed by atoms with Gasteiger partial charge in [0.25, 0.3) is 5.91 Å². The van der Waals surface area contributed by atoms with Gasteiger partial charge in [-0.25, -0.2) is 0 Å². The molecule has 0 N–H and O–H groups in total. The Morgan fingerprint density at radius 3 is 2.40 bits per heavy atom. The van der Waals surface area contributed by atoms with E-state index in [1.165, 1.54) is 38.5 Å². The maximum absolute atomic E-state index is 13.8. The van der Waals surface area contributed by atoms with Gasteiger partial charge in [-0.3, -0.25) is 14.7 Å². The van der Waals surface area contributed by atoms with Crippen LogP contribution in [0.5, 0.6) is 0 Å². The lowest BCUT2D eigenvalue weighted by molar-refractivity contribution is -0.124. The maximum atomic E-state index is 13.8. The predicted molar refractivity (Wildman–Crippen MR) is 149 cm³/mol. The first-order chi connectivity index (χ1) is 16.9. The average molecular weight is 510 g/mol. The van der Waals surface area contributed by atoms with Gasteiger partial charge in [0.15, 0.2) is 5.17 Å². The Labute approximate surface area is 218 Å².